The highest BCUT2D eigenvalue weighted by Gasteiger charge is 2.19. The average Bonchev–Trinajstić information content (AvgIpc) is 3.06. The summed E-state index contributed by atoms with van der Waals surface area (Å²) in [5.74, 6) is 0.405. The summed E-state index contributed by atoms with van der Waals surface area (Å²) in [6, 6.07) is 7.56. The minimum atomic E-state index is -0.280. The van der Waals surface area contributed by atoms with Gasteiger partial charge in [-0.1, -0.05) is 19.1 Å². The van der Waals surface area contributed by atoms with Crippen LogP contribution >= 0.6 is 0 Å². The second kappa shape index (κ2) is 7.84. The van der Waals surface area contributed by atoms with Gasteiger partial charge in [0.25, 0.3) is 5.56 Å². The molecule has 28 heavy (non-hydrogen) atoms. The summed E-state index contributed by atoms with van der Waals surface area (Å²) in [7, 11) is 0. The van der Waals surface area contributed by atoms with Gasteiger partial charge in [-0.25, -0.2) is 4.68 Å². The largest absolute Gasteiger partial charge is 0.352 e. The fourth-order valence-electron chi connectivity index (χ4n) is 2.84. The molecule has 1 aromatic carbocycles. The van der Waals surface area contributed by atoms with Gasteiger partial charge in [0.05, 0.1) is 11.7 Å². The first-order valence-electron chi connectivity index (χ1n) is 9.39. The maximum atomic E-state index is 12.3. The van der Waals surface area contributed by atoms with Gasteiger partial charge in [-0.2, -0.15) is 10.1 Å². The maximum absolute atomic E-state index is 12.3. The lowest BCUT2D eigenvalue weighted by Gasteiger charge is -2.19. The molecule has 0 radical (unpaired) electrons. The monoisotopic (exact) mass is 382 g/mol. The molecule has 0 unspecified atom stereocenters. The molecule has 148 valence electrons. The number of benzene rings is 1. The number of amides is 1. The molecular weight excluding hydrogens is 356 g/mol. The number of H-pyrrole nitrogens is 1. The van der Waals surface area contributed by atoms with E-state index >= 15 is 0 Å². The van der Waals surface area contributed by atoms with Gasteiger partial charge >= 0.3 is 0 Å². The maximum Gasteiger partial charge on any atom is 0.263 e. The van der Waals surface area contributed by atoms with Gasteiger partial charge in [-0.05, 0) is 44.9 Å². The van der Waals surface area contributed by atoms with E-state index < -0.39 is 0 Å². The molecule has 2 aromatic heterocycles. The third-order valence-electron chi connectivity index (χ3n) is 4.25. The molecule has 3 aromatic rings. The number of rotatable bonds is 6. The number of nitrogens with one attached hydrogen (secondary N) is 3. The van der Waals surface area contributed by atoms with E-state index in [1.165, 1.54) is 0 Å². The van der Waals surface area contributed by atoms with Crippen molar-refractivity contribution >= 4 is 28.6 Å². The number of nitrogens with zero attached hydrogens (tertiary/aromatic N) is 3. The minimum absolute atomic E-state index is 0.0129. The van der Waals surface area contributed by atoms with Crippen LogP contribution in [-0.4, -0.2) is 25.7 Å². The van der Waals surface area contributed by atoms with Crippen LogP contribution < -0.4 is 16.2 Å². The van der Waals surface area contributed by atoms with Crippen molar-refractivity contribution in [1.82, 2.24) is 19.7 Å². The molecule has 0 bridgehead atoms. The molecule has 0 aliphatic rings. The molecular formula is C20H26N6O2. The zero-order valence-corrected chi connectivity index (χ0v) is 16.7. The van der Waals surface area contributed by atoms with E-state index in [4.69, 9.17) is 0 Å². The molecule has 0 saturated carbocycles. The van der Waals surface area contributed by atoms with Gasteiger partial charge in [0.2, 0.25) is 11.9 Å². The van der Waals surface area contributed by atoms with Crippen LogP contribution in [-0.2, 0) is 16.9 Å². The summed E-state index contributed by atoms with van der Waals surface area (Å²) in [5.41, 5.74) is 1.81. The Balaban J connectivity index is 1.73. The number of anilines is 2. The second-order valence-corrected chi connectivity index (χ2v) is 7.73. The first-order chi connectivity index (χ1) is 13.3. The van der Waals surface area contributed by atoms with Crippen LogP contribution in [0.1, 0.15) is 46.1 Å². The molecule has 8 heteroatoms. The summed E-state index contributed by atoms with van der Waals surface area (Å²) in [6.45, 7) is 8.49. The molecule has 3 rings (SSSR count). The normalized spacial score (nSPS) is 11.6. The summed E-state index contributed by atoms with van der Waals surface area (Å²) in [4.78, 5) is 31.3. The zero-order chi connectivity index (χ0) is 20.3. The van der Waals surface area contributed by atoms with Gasteiger partial charge in [0.15, 0.2) is 5.65 Å². The summed E-state index contributed by atoms with van der Waals surface area (Å²) >= 11 is 0. The van der Waals surface area contributed by atoms with E-state index in [9.17, 15) is 9.59 Å². The van der Waals surface area contributed by atoms with Gasteiger partial charge in [-0.15, -0.1) is 0 Å². The number of fused-ring (bicyclic) bond motifs is 1. The SMILES string of the molecule is CCCC(=O)Nc1ccc(CNc2nc3c(cnn3C(C)(C)C)c(=O)[nH]2)cc1. The molecule has 0 aliphatic heterocycles. The fraction of sp³-hybridized carbons (Fsp3) is 0.400. The van der Waals surface area contributed by atoms with Gasteiger partial charge in [0, 0.05) is 18.7 Å². The van der Waals surface area contributed by atoms with Crippen LogP contribution in [0.5, 0.6) is 0 Å². The first-order valence-corrected chi connectivity index (χ1v) is 9.39. The Bertz CT molecular complexity index is 1030. The highest BCUT2D eigenvalue weighted by atomic mass is 16.1. The third-order valence-corrected chi connectivity index (χ3v) is 4.25. The molecule has 0 spiro atoms. The Morgan fingerprint density at radius 3 is 2.57 bits per heavy atom. The molecule has 2 heterocycles. The number of hydrogen-bond donors (Lipinski definition) is 3. The van der Waals surface area contributed by atoms with Crippen molar-refractivity contribution in [3.8, 4) is 0 Å². The highest BCUT2D eigenvalue weighted by molar-refractivity contribution is 5.90. The predicted molar refractivity (Wildman–Crippen MR) is 110 cm³/mol. The smallest absolute Gasteiger partial charge is 0.263 e. The predicted octanol–water partition coefficient (Wildman–Crippen LogP) is 3.23. The summed E-state index contributed by atoms with van der Waals surface area (Å²) in [5, 5.41) is 10.8. The van der Waals surface area contributed by atoms with E-state index in [2.05, 4.69) is 25.7 Å². The van der Waals surface area contributed by atoms with Crippen molar-refractivity contribution in [2.45, 2.75) is 52.6 Å². The molecule has 0 saturated heterocycles. The van der Waals surface area contributed by atoms with Crippen molar-refractivity contribution in [2.24, 2.45) is 0 Å². The van der Waals surface area contributed by atoms with Crippen LogP contribution in [0.2, 0.25) is 0 Å². The standard InChI is InChI=1S/C20H26N6O2/c1-5-6-16(27)23-14-9-7-13(8-10-14)11-21-19-24-17-15(18(28)25-19)12-22-26(17)20(2,3)4/h7-10,12H,5-6,11H2,1-4H3,(H,23,27)(H2,21,24,25,28). The van der Waals surface area contributed by atoms with E-state index in [0.29, 0.717) is 29.9 Å². The van der Waals surface area contributed by atoms with Gasteiger partial charge in [-0.3, -0.25) is 14.6 Å². The summed E-state index contributed by atoms with van der Waals surface area (Å²) in [6.07, 6.45) is 2.87. The lowest BCUT2D eigenvalue weighted by atomic mass is 10.1. The molecule has 0 fully saturated rings. The molecule has 0 aliphatic carbocycles. The van der Waals surface area contributed by atoms with E-state index in [1.807, 2.05) is 52.0 Å². The fourth-order valence-corrected chi connectivity index (χ4v) is 2.84. The van der Waals surface area contributed by atoms with Crippen LogP contribution in [0, 0.1) is 0 Å². The van der Waals surface area contributed by atoms with E-state index in [-0.39, 0.29) is 17.0 Å². The summed E-state index contributed by atoms with van der Waals surface area (Å²) < 4.78 is 1.75. The van der Waals surface area contributed by atoms with E-state index in [1.54, 1.807) is 10.9 Å². The number of aromatic nitrogens is 4. The number of aromatic amines is 1. The molecule has 3 N–H and O–H groups in total. The minimum Gasteiger partial charge on any atom is -0.352 e. The Hall–Kier alpha value is -3.16. The second-order valence-electron chi connectivity index (χ2n) is 7.73. The Morgan fingerprint density at radius 2 is 1.93 bits per heavy atom. The van der Waals surface area contributed by atoms with Crippen LogP contribution in [0.4, 0.5) is 11.6 Å². The molecule has 8 nitrogen and oxygen atoms in total. The van der Waals surface area contributed by atoms with Crippen molar-refractivity contribution in [1.29, 1.82) is 0 Å². The van der Waals surface area contributed by atoms with Crippen molar-refractivity contribution in [2.75, 3.05) is 10.6 Å². The highest BCUT2D eigenvalue weighted by Crippen LogP contribution is 2.19. The number of carbonyl (C=O) groups excluding carboxylic acids is 1. The quantitative estimate of drug-likeness (QED) is 0.607. The third kappa shape index (κ3) is 4.39. The Morgan fingerprint density at radius 1 is 1.21 bits per heavy atom. The number of carbonyl (C=O) groups is 1. The topological polar surface area (TPSA) is 105 Å². The number of hydrogen-bond acceptors (Lipinski definition) is 5. The van der Waals surface area contributed by atoms with Crippen molar-refractivity contribution < 1.29 is 4.79 Å². The molecule has 1 amide bonds. The zero-order valence-electron chi connectivity index (χ0n) is 16.7. The Kier molecular flexibility index (Phi) is 5.48. The average molecular weight is 382 g/mol. The van der Waals surface area contributed by atoms with Gasteiger partial charge < -0.3 is 10.6 Å². The van der Waals surface area contributed by atoms with Crippen LogP contribution in [0.3, 0.4) is 0 Å². The Labute approximate surface area is 163 Å². The van der Waals surface area contributed by atoms with Crippen LogP contribution in [0.15, 0.2) is 35.3 Å². The lowest BCUT2D eigenvalue weighted by molar-refractivity contribution is -0.116. The van der Waals surface area contributed by atoms with Crippen molar-refractivity contribution in [3.05, 3.63) is 46.4 Å². The van der Waals surface area contributed by atoms with Gasteiger partial charge in [0.1, 0.15) is 5.39 Å². The first kappa shape index (κ1) is 19.6. The van der Waals surface area contributed by atoms with Crippen molar-refractivity contribution in [3.63, 3.8) is 0 Å². The molecule has 0 atom stereocenters. The van der Waals surface area contributed by atoms with Crippen LogP contribution in [0.25, 0.3) is 11.0 Å². The lowest BCUT2D eigenvalue weighted by Crippen LogP contribution is -2.24. The van der Waals surface area contributed by atoms with E-state index in [0.717, 1.165) is 17.7 Å².